The number of nitrogens with one attached hydrogen (secondary N) is 2. The van der Waals surface area contributed by atoms with Crippen molar-refractivity contribution in [2.45, 2.75) is 54.3 Å². The Hall–Kier alpha value is -2.67. The van der Waals surface area contributed by atoms with Crippen LogP contribution in [-0.4, -0.2) is 55.9 Å². The second kappa shape index (κ2) is 11.5. The van der Waals surface area contributed by atoms with E-state index < -0.39 is 44.0 Å². The number of carbonyl (C=O) groups excluding carboxylic acids is 2. The topological polar surface area (TPSA) is 122 Å². The summed E-state index contributed by atoms with van der Waals surface area (Å²) in [4.78, 5) is 25.1. The van der Waals surface area contributed by atoms with Gasteiger partial charge in [-0.15, -0.1) is 0 Å². The number of sulfone groups is 1. The van der Waals surface area contributed by atoms with Crippen LogP contribution < -0.4 is 10.6 Å². The molecule has 3 aliphatic rings. The fourth-order valence-electron chi connectivity index (χ4n) is 6.35. The van der Waals surface area contributed by atoms with Gasteiger partial charge >= 0.3 is 0 Å². The van der Waals surface area contributed by atoms with Gasteiger partial charge in [-0.1, -0.05) is 11.6 Å². The summed E-state index contributed by atoms with van der Waals surface area (Å²) in [5, 5.41) is 15.6. The van der Waals surface area contributed by atoms with Gasteiger partial charge in [-0.3, -0.25) is 9.59 Å². The maximum absolute atomic E-state index is 13.7. The minimum atomic E-state index is -4.06. The molecule has 41 heavy (non-hydrogen) atoms. The van der Waals surface area contributed by atoms with Crippen LogP contribution in [0.5, 0.6) is 0 Å². The SMILES string of the molecule is O=C(Nc1cc(F)c(F)c(F)c1)c1ccc(Cl)c(S(=O)(=O)[C@@H]2CC3CC[C@@H](C2)[C@@]3(O)CNC(=O)C2CCCOC2)c1. The average Bonchev–Trinajstić information content (AvgIpc) is 3.10. The summed E-state index contributed by atoms with van der Waals surface area (Å²) >= 11 is 6.27. The Balaban J connectivity index is 1.30. The number of amides is 2. The van der Waals surface area contributed by atoms with Crippen molar-refractivity contribution < 1.29 is 41.0 Å². The molecule has 1 saturated heterocycles. The van der Waals surface area contributed by atoms with Crippen molar-refractivity contribution in [3.63, 3.8) is 0 Å². The molecule has 222 valence electrons. The summed E-state index contributed by atoms with van der Waals surface area (Å²) in [6.07, 6.45) is 3.03. The largest absolute Gasteiger partial charge is 0.387 e. The summed E-state index contributed by atoms with van der Waals surface area (Å²) in [5.41, 5.74) is -1.72. The summed E-state index contributed by atoms with van der Waals surface area (Å²) in [7, 11) is -4.06. The van der Waals surface area contributed by atoms with Crippen LogP contribution in [-0.2, 0) is 19.4 Å². The molecule has 13 heteroatoms. The first-order chi connectivity index (χ1) is 19.4. The van der Waals surface area contributed by atoms with E-state index >= 15 is 0 Å². The number of anilines is 1. The van der Waals surface area contributed by atoms with Gasteiger partial charge in [-0.2, -0.15) is 0 Å². The van der Waals surface area contributed by atoms with E-state index in [2.05, 4.69) is 10.6 Å². The zero-order chi connectivity index (χ0) is 29.5. The van der Waals surface area contributed by atoms with Crippen molar-refractivity contribution in [3.8, 4) is 0 Å². The van der Waals surface area contributed by atoms with E-state index in [1.165, 1.54) is 12.1 Å². The molecule has 1 heterocycles. The van der Waals surface area contributed by atoms with Crippen LogP contribution in [0.25, 0.3) is 0 Å². The minimum Gasteiger partial charge on any atom is -0.387 e. The Kier molecular flexibility index (Phi) is 8.39. The number of hydrogen-bond acceptors (Lipinski definition) is 6. The molecule has 3 N–H and O–H groups in total. The van der Waals surface area contributed by atoms with Gasteiger partial charge < -0.3 is 20.5 Å². The number of halogens is 4. The lowest BCUT2D eigenvalue weighted by Crippen LogP contribution is -2.55. The van der Waals surface area contributed by atoms with E-state index in [0.717, 1.165) is 12.5 Å². The minimum absolute atomic E-state index is 0.0332. The van der Waals surface area contributed by atoms with Gasteiger partial charge in [-0.05, 0) is 68.6 Å². The second-order valence-electron chi connectivity index (χ2n) is 11.1. The number of fused-ring (bicyclic) bond motifs is 2. The highest BCUT2D eigenvalue weighted by atomic mass is 35.5. The molecule has 2 aromatic rings. The molecule has 2 aromatic carbocycles. The third-order valence-corrected chi connectivity index (χ3v) is 11.3. The van der Waals surface area contributed by atoms with Gasteiger partial charge in [0.2, 0.25) is 5.91 Å². The second-order valence-corrected chi connectivity index (χ2v) is 13.7. The Labute approximate surface area is 240 Å². The molecule has 0 spiro atoms. The van der Waals surface area contributed by atoms with Crippen molar-refractivity contribution in [2.24, 2.45) is 17.8 Å². The highest BCUT2D eigenvalue weighted by Gasteiger charge is 2.55. The Bertz CT molecular complexity index is 1430. The van der Waals surface area contributed by atoms with E-state index in [9.17, 15) is 36.3 Å². The summed E-state index contributed by atoms with van der Waals surface area (Å²) < 4.78 is 73.3. The molecule has 2 unspecified atom stereocenters. The zero-order valence-electron chi connectivity index (χ0n) is 22.0. The Morgan fingerprint density at radius 2 is 1.71 bits per heavy atom. The molecule has 3 fully saturated rings. The summed E-state index contributed by atoms with van der Waals surface area (Å²) in [6.45, 7) is 0.998. The van der Waals surface area contributed by atoms with Crippen LogP contribution in [0.2, 0.25) is 5.02 Å². The maximum atomic E-state index is 13.7. The van der Waals surface area contributed by atoms with Gasteiger partial charge in [0.25, 0.3) is 5.91 Å². The highest BCUT2D eigenvalue weighted by Crippen LogP contribution is 2.52. The molecule has 0 radical (unpaired) electrons. The van der Waals surface area contributed by atoms with E-state index in [1.807, 2.05) is 0 Å². The molecule has 2 bridgehead atoms. The predicted octanol–water partition coefficient (Wildman–Crippen LogP) is 4.25. The zero-order valence-corrected chi connectivity index (χ0v) is 23.5. The van der Waals surface area contributed by atoms with Gasteiger partial charge in [0, 0.05) is 36.5 Å². The van der Waals surface area contributed by atoms with Gasteiger partial charge in [0.1, 0.15) is 0 Å². The third-order valence-electron chi connectivity index (χ3n) is 8.63. The van der Waals surface area contributed by atoms with Gasteiger partial charge in [0.15, 0.2) is 27.3 Å². The number of ether oxygens (including phenoxy) is 1. The molecular formula is C28H30ClF3N2O6S. The normalized spacial score (nSPS) is 27.8. The molecule has 5 rings (SSSR count). The highest BCUT2D eigenvalue weighted by molar-refractivity contribution is 7.92. The van der Waals surface area contributed by atoms with Crippen molar-refractivity contribution >= 4 is 38.9 Å². The third kappa shape index (κ3) is 5.84. The van der Waals surface area contributed by atoms with E-state index in [0.29, 0.717) is 44.6 Å². The molecule has 1 aliphatic heterocycles. The first-order valence-electron chi connectivity index (χ1n) is 13.5. The molecule has 2 saturated carbocycles. The van der Waals surface area contributed by atoms with Crippen molar-refractivity contribution in [1.82, 2.24) is 5.32 Å². The van der Waals surface area contributed by atoms with Crippen molar-refractivity contribution in [1.29, 1.82) is 0 Å². The number of carbonyl (C=O) groups is 2. The van der Waals surface area contributed by atoms with Crippen molar-refractivity contribution in [3.05, 3.63) is 58.4 Å². The number of benzene rings is 2. The molecule has 0 aromatic heterocycles. The van der Waals surface area contributed by atoms with Crippen LogP contribution in [0.3, 0.4) is 0 Å². The summed E-state index contributed by atoms with van der Waals surface area (Å²) in [6, 6.07) is 4.81. The molecule has 8 nitrogen and oxygen atoms in total. The fourth-order valence-corrected chi connectivity index (χ4v) is 8.75. The van der Waals surface area contributed by atoms with Gasteiger partial charge in [0.05, 0.1) is 33.3 Å². The number of aliphatic hydroxyl groups is 1. The van der Waals surface area contributed by atoms with Crippen LogP contribution in [0.4, 0.5) is 18.9 Å². The van der Waals surface area contributed by atoms with Gasteiger partial charge in [-0.25, -0.2) is 21.6 Å². The molecular weight excluding hydrogens is 585 g/mol. The average molecular weight is 615 g/mol. The van der Waals surface area contributed by atoms with E-state index in [-0.39, 0.29) is 64.2 Å². The lowest BCUT2D eigenvalue weighted by molar-refractivity contribution is -0.132. The standard InChI is InChI=1S/C28H30ClF3N2O6S/c29-21-6-3-15(27(36)34-19-11-22(30)25(32)23(31)12-19)8-24(21)41(38,39)20-9-17-4-5-18(10-20)28(17,37)14-33-26(35)16-2-1-7-40-13-16/h3,6,8,11-12,16-18,20,37H,1-2,4-5,7,9-10,13-14H2,(H,33,35)(H,34,36)/t16?,17-,18?,20-,28-/m0/s1. The lowest BCUT2D eigenvalue weighted by Gasteiger charge is -2.42. The van der Waals surface area contributed by atoms with Crippen LogP contribution in [0, 0.1) is 35.2 Å². The maximum Gasteiger partial charge on any atom is 0.255 e. The monoisotopic (exact) mass is 614 g/mol. The summed E-state index contributed by atoms with van der Waals surface area (Å²) in [5.74, 6) is -6.72. The van der Waals surface area contributed by atoms with E-state index in [4.69, 9.17) is 16.3 Å². The first kappa shape index (κ1) is 29.8. The molecule has 5 atom stereocenters. The van der Waals surface area contributed by atoms with Crippen LogP contribution in [0.1, 0.15) is 48.9 Å². The first-order valence-corrected chi connectivity index (χ1v) is 15.4. The number of hydrogen-bond donors (Lipinski definition) is 3. The quantitative estimate of drug-likeness (QED) is 0.401. The molecule has 2 amide bonds. The smallest absolute Gasteiger partial charge is 0.255 e. The Morgan fingerprint density at radius 1 is 1.05 bits per heavy atom. The lowest BCUT2D eigenvalue weighted by atomic mass is 9.74. The van der Waals surface area contributed by atoms with E-state index in [1.54, 1.807) is 0 Å². The van der Waals surface area contributed by atoms with Crippen LogP contribution in [0.15, 0.2) is 35.2 Å². The predicted molar refractivity (Wildman–Crippen MR) is 144 cm³/mol. The molecule has 2 aliphatic carbocycles. The fraction of sp³-hybridized carbons (Fsp3) is 0.500. The van der Waals surface area contributed by atoms with Crippen LogP contribution >= 0.6 is 11.6 Å². The number of rotatable bonds is 7. The Morgan fingerprint density at radius 3 is 2.32 bits per heavy atom. The van der Waals surface area contributed by atoms with Crippen molar-refractivity contribution in [2.75, 3.05) is 25.1 Å².